The van der Waals surface area contributed by atoms with E-state index in [4.69, 9.17) is 19.9 Å². The number of aliphatic hydroxyl groups excluding tert-OH is 1. The molecule has 4 N–H and O–H groups in total. The molecule has 3 unspecified atom stereocenters. The number of halogens is 2. The first-order valence-corrected chi connectivity index (χ1v) is 13.3. The zero-order valence-corrected chi connectivity index (χ0v) is 24.9. The quantitative estimate of drug-likeness (QED) is 0.255. The Balaban J connectivity index is 0.00000760. The van der Waals surface area contributed by atoms with Gasteiger partial charge in [-0.15, -0.1) is 12.4 Å². The predicted octanol–water partition coefficient (Wildman–Crippen LogP) is 4.66. The number of ether oxygens (including phenoxy) is 3. The third-order valence-electron chi connectivity index (χ3n) is 7.07. The van der Waals surface area contributed by atoms with Gasteiger partial charge in [-0.3, -0.25) is 4.79 Å². The predicted molar refractivity (Wildman–Crippen MR) is 155 cm³/mol. The Morgan fingerprint density at radius 2 is 1.79 bits per heavy atom. The second-order valence-electron chi connectivity index (χ2n) is 10.7. The topological polar surface area (TPSA) is 103 Å². The molecule has 2 rings (SSSR count). The summed E-state index contributed by atoms with van der Waals surface area (Å²) in [6, 6.07) is 11.6. The van der Waals surface area contributed by atoms with Gasteiger partial charge in [0, 0.05) is 38.3 Å². The van der Waals surface area contributed by atoms with Crippen LogP contribution in [-0.4, -0.2) is 57.1 Å². The molecule has 7 nitrogen and oxygen atoms in total. The lowest BCUT2D eigenvalue weighted by Gasteiger charge is -2.29. The van der Waals surface area contributed by atoms with Gasteiger partial charge in [0.05, 0.1) is 25.2 Å². The van der Waals surface area contributed by atoms with Gasteiger partial charge in [-0.2, -0.15) is 0 Å². The molecule has 0 heterocycles. The van der Waals surface area contributed by atoms with Gasteiger partial charge >= 0.3 is 0 Å². The number of amides is 1. The van der Waals surface area contributed by atoms with Crippen molar-refractivity contribution in [3.8, 4) is 11.5 Å². The van der Waals surface area contributed by atoms with E-state index in [0.29, 0.717) is 42.6 Å². The van der Waals surface area contributed by atoms with Crippen molar-refractivity contribution in [2.75, 3.05) is 34.0 Å². The number of aliphatic hydroxyl groups is 1. The third-order valence-corrected chi connectivity index (χ3v) is 7.07. The highest BCUT2D eigenvalue weighted by atomic mass is 35.5. The zero-order valence-electron chi connectivity index (χ0n) is 24.0. The first-order chi connectivity index (χ1) is 18.0. The summed E-state index contributed by atoms with van der Waals surface area (Å²) in [5.74, 6) is 1.06. The minimum atomic E-state index is -1.09. The Labute approximate surface area is 239 Å². The molecule has 0 aliphatic heterocycles. The molecule has 0 radical (unpaired) electrons. The number of hydrogen-bond donors (Lipinski definition) is 3. The van der Waals surface area contributed by atoms with Crippen LogP contribution in [0.15, 0.2) is 42.5 Å². The van der Waals surface area contributed by atoms with Gasteiger partial charge in [0.25, 0.3) is 0 Å². The van der Waals surface area contributed by atoms with Crippen LogP contribution in [0.25, 0.3) is 0 Å². The van der Waals surface area contributed by atoms with Crippen molar-refractivity contribution in [2.45, 2.75) is 64.5 Å². The largest absolute Gasteiger partial charge is 0.493 e. The Morgan fingerprint density at radius 1 is 1.10 bits per heavy atom. The standard InChI is InChI=1S/C30H45FN2O5.ClH/c1-20(2)22(16-21-12-13-27(37-6)28(17-21)38-15-9-14-36-5)18-25(32)26(34)19-33-29(35)30(3,4)23-10-7-8-11-24(23)31;/h7-8,10-13,17,20,22,25-26,34H,9,14-16,18-19,32H2,1-6H3,(H,33,35);1H. The van der Waals surface area contributed by atoms with E-state index in [1.54, 1.807) is 46.3 Å². The summed E-state index contributed by atoms with van der Waals surface area (Å²) >= 11 is 0. The molecule has 0 fully saturated rings. The van der Waals surface area contributed by atoms with Crippen molar-refractivity contribution < 1.29 is 28.5 Å². The second-order valence-corrected chi connectivity index (χ2v) is 10.7. The lowest BCUT2D eigenvalue weighted by molar-refractivity contribution is -0.126. The normalized spacial score (nSPS) is 13.8. The summed E-state index contributed by atoms with van der Waals surface area (Å²) in [7, 11) is 3.28. The van der Waals surface area contributed by atoms with Crippen LogP contribution in [0, 0.1) is 17.7 Å². The van der Waals surface area contributed by atoms with Crippen molar-refractivity contribution in [2.24, 2.45) is 17.6 Å². The maximum absolute atomic E-state index is 14.3. The van der Waals surface area contributed by atoms with E-state index in [2.05, 4.69) is 19.2 Å². The number of hydrogen-bond acceptors (Lipinski definition) is 6. The number of benzene rings is 2. The highest BCUT2D eigenvalue weighted by molar-refractivity contribution is 5.87. The SMILES string of the molecule is COCCCOc1cc(CC(CC(N)C(O)CNC(=O)C(C)(C)c2ccccc2F)C(C)C)ccc1OC.Cl. The second kappa shape index (κ2) is 16.7. The molecule has 0 aromatic heterocycles. The minimum Gasteiger partial charge on any atom is -0.493 e. The summed E-state index contributed by atoms with van der Waals surface area (Å²) in [5.41, 5.74) is 6.70. The maximum Gasteiger partial charge on any atom is 0.230 e. The van der Waals surface area contributed by atoms with Crippen molar-refractivity contribution in [3.05, 3.63) is 59.4 Å². The minimum absolute atomic E-state index is 0. The molecule has 2 aromatic rings. The Morgan fingerprint density at radius 3 is 2.41 bits per heavy atom. The average Bonchev–Trinajstić information content (AvgIpc) is 2.89. The molecule has 0 bridgehead atoms. The fraction of sp³-hybridized carbons (Fsp3) is 0.567. The van der Waals surface area contributed by atoms with Crippen molar-refractivity contribution in [1.82, 2.24) is 5.32 Å². The van der Waals surface area contributed by atoms with Crippen LogP contribution in [0.4, 0.5) is 4.39 Å². The lowest BCUT2D eigenvalue weighted by atomic mass is 9.82. The van der Waals surface area contributed by atoms with Crippen molar-refractivity contribution >= 4 is 18.3 Å². The number of carbonyl (C=O) groups excluding carboxylic acids is 1. The van der Waals surface area contributed by atoms with E-state index in [-0.39, 0.29) is 30.8 Å². The van der Waals surface area contributed by atoms with E-state index in [1.807, 2.05) is 18.2 Å². The molecular formula is C30H46ClFN2O5. The van der Waals surface area contributed by atoms with Gasteiger partial charge in [0.1, 0.15) is 5.82 Å². The maximum atomic E-state index is 14.3. The van der Waals surface area contributed by atoms with Crippen molar-refractivity contribution in [1.29, 1.82) is 0 Å². The number of carbonyl (C=O) groups is 1. The molecule has 0 aliphatic carbocycles. The Bertz CT molecular complexity index is 1020. The number of nitrogens with one attached hydrogen (secondary N) is 1. The fourth-order valence-electron chi connectivity index (χ4n) is 4.41. The monoisotopic (exact) mass is 568 g/mol. The molecule has 9 heteroatoms. The van der Waals surface area contributed by atoms with Crippen LogP contribution in [0.2, 0.25) is 0 Å². The third kappa shape index (κ3) is 10.3. The first kappa shape index (κ1) is 34.6. The Hall–Kier alpha value is -2.39. The van der Waals surface area contributed by atoms with Gasteiger partial charge in [0.15, 0.2) is 11.5 Å². The number of nitrogens with two attached hydrogens (primary N) is 1. The highest BCUT2D eigenvalue weighted by Gasteiger charge is 2.33. The average molecular weight is 569 g/mol. The molecule has 0 saturated carbocycles. The summed E-state index contributed by atoms with van der Waals surface area (Å²) < 4.78 is 30.7. The molecular weight excluding hydrogens is 523 g/mol. The molecule has 39 heavy (non-hydrogen) atoms. The summed E-state index contributed by atoms with van der Waals surface area (Å²) in [6.07, 6.45) is 1.16. The van der Waals surface area contributed by atoms with Gasteiger partial charge in [-0.25, -0.2) is 4.39 Å². The molecule has 0 spiro atoms. The summed E-state index contributed by atoms with van der Waals surface area (Å²) in [6.45, 7) is 8.72. The van der Waals surface area contributed by atoms with Crippen LogP contribution in [0.5, 0.6) is 11.5 Å². The van der Waals surface area contributed by atoms with E-state index < -0.39 is 23.4 Å². The summed E-state index contributed by atoms with van der Waals surface area (Å²) in [5, 5.41) is 13.5. The van der Waals surface area contributed by atoms with Crippen LogP contribution < -0.4 is 20.5 Å². The van der Waals surface area contributed by atoms with E-state index >= 15 is 0 Å². The van der Waals surface area contributed by atoms with Gasteiger partial charge in [0.2, 0.25) is 5.91 Å². The first-order valence-electron chi connectivity index (χ1n) is 13.3. The molecule has 0 aliphatic rings. The van der Waals surface area contributed by atoms with Crippen LogP contribution in [-0.2, 0) is 21.4 Å². The molecule has 1 amide bonds. The van der Waals surface area contributed by atoms with Gasteiger partial charge in [-0.1, -0.05) is 38.1 Å². The molecule has 2 aromatic carbocycles. The smallest absolute Gasteiger partial charge is 0.230 e. The van der Waals surface area contributed by atoms with Crippen molar-refractivity contribution in [3.63, 3.8) is 0 Å². The van der Waals surface area contributed by atoms with Gasteiger partial charge in [-0.05, 0) is 62.3 Å². The highest BCUT2D eigenvalue weighted by Crippen LogP contribution is 2.31. The van der Waals surface area contributed by atoms with Crippen LogP contribution in [0.3, 0.4) is 0 Å². The molecule has 3 atom stereocenters. The zero-order chi connectivity index (χ0) is 28.3. The lowest BCUT2D eigenvalue weighted by Crippen LogP contribution is -2.48. The number of methoxy groups -OCH3 is 2. The van der Waals surface area contributed by atoms with E-state index in [1.165, 1.54) is 6.07 Å². The summed E-state index contributed by atoms with van der Waals surface area (Å²) in [4.78, 5) is 12.9. The molecule has 0 saturated heterocycles. The molecule has 220 valence electrons. The van der Waals surface area contributed by atoms with Crippen LogP contribution >= 0.6 is 12.4 Å². The Kier molecular flexibility index (Phi) is 14.8. The van der Waals surface area contributed by atoms with E-state index in [9.17, 15) is 14.3 Å². The van der Waals surface area contributed by atoms with Gasteiger partial charge < -0.3 is 30.4 Å². The number of rotatable bonds is 16. The van der Waals surface area contributed by atoms with E-state index in [0.717, 1.165) is 18.4 Å². The van der Waals surface area contributed by atoms with Crippen LogP contribution in [0.1, 0.15) is 51.7 Å². The fourth-order valence-corrected chi connectivity index (χ4v) is 4.41.